The molecular formula is C26H21N3O7. The van der Waals surface area contributed by atoms with Crippen molar-refractivity contribution >= 4 is 23.7 Å². The smallest absolute Gasteiger partial charge is 0.342 e. The summed E-state index contributed by atoms with van der Waals surface area (Å²) < 4.78 is 15.6. The molecule has 10 nitrogen and oxygen atoms in total. The molecule has 0 spiro atoms. The standard InChI is InChI=1S/C26H21N3O7/c1-16(30)35-23-9-5-3-7-21(23)25(32)20-12-11-18(13-19(20)14-28-29-27)15-34-26(33)22-8-4-6-10-24(22)36-17(2)31/h3-13H,14-15H2,1-2H3. The maximum absolute atomic E-state index is 13.3. The van der Waals surface area contributed by atoms with Crippen molar-refractivity contribution < 1.29 is 33.4 Å². The maximum Gasteiger partial charge on any atom is 0.342 e. The van der Waals surface area contributed by atoms with Crippen LogP contribution < -0.4 is 9.47 Å². The van der Waals surface area contributed by atoms with Gasteiger partial charge in [0.1, 0.15) is 23.7 Å². The Hall–Kier alpha value is -4.95. The van der Waals surface area contributed by atoms with E-state index in [2.05, 4.69) is 10.0 Å². The first kappa shape index (κ1) is 25.7. The lowest BCUT2D eigenvalue weighted by atomic mass is 9.96. The highest BCUT2D eigenvalue weighted by molar-refractivity contribution is 6.11. The van der Waals surface area contributed by atoms with E-state index in [0.717, 1.165) is 0 Å². The van der Waals surface area contributed by atoms with Crippen molar-refractivity contribution in [2.45, 2.75) is 27.0 Å². The minimum Gasteiger partial charge on any atom is -0.457 e. The predicted molar refractivity (Wildman–Crippen MR) is 127 cm³/mol. The normalized spacial score (nSPS) is 10.1. The summed E-state index contributed by atoms with van der Waals surface area (Å²) in [6, 6.07) is 17.2. The van der Waals surface area contributed by atoms with Crippen molar-refractivity contribution in [1.82, 2.24) is 0 Å². The van der Waals surface area contributed by atoms with Crippen LogP contribution in [0, 0.1) is 0 Å². The molecule has 0 aromatic heterocycles. The molecule has 0 amide bonds. The average molecular weight is 487 g/mol. The summed E-state index contributed by atoms with van der Waals surface area (Å²) in [5.74, 6) is -2.11. The number of ketones is 1. The van der Waals surface area contributed by atoms with Crippen molar-refractivity contribution in [2.24, 2.45) is 5.11 Å². The van der Waals surface area contributed by atoms with Crippen LogP contribution in [0.15, 0.2) is 71.8 Å². The van der Waals surface area contributed by atoms with Gasteiger partial charge in [0.15, 0.2) is 5.78 Å². The number of rotatable bonds is 9. The number of carbonyl (C=O) groups excluding carboxylic acids is 4. The first-order valence-corrected chi connectivity index (χ1v) is 10.7. The second-order valence-electron chi connectivity index (χ2n) is 7.47. The van der Waals surface area contributed by atoms with Crippen LogP contribution in [0.4, 0.5) is 0 Å². The molecule has 0 saturated heterocycles. The lowest BCUT2D eigenvalue weighted by Gasteiger charge is -2.13. The van der Waals surface area contributed by atoms with Crippen molar-refractivity contribution in [3.63, 3.8) is 0 Å². The summed E-state index contributed by atoms with van der Waals surface area (Å²) in [6.45, 7) is 2.16. The summed E-state index contributed by atoms with van der Waals surface area (Å²) in [5.41, 5.74) is 10.2. The fourth-order valence-corrected chi connectivity index (χ4v) is 3.35. The highest BCUT2D eigenvalue weighted by atomic mass is 16.5. The van der Waals surface area contributed by atoms with Gasteiger partial charge in [-0.05, 0) is 40.9 Å². The SMILES string of the molecule is CC(=O)Oc1ccccc1C(=O)OCc1ccc(C(=O)c2ccccc2OC(C)=O)c(CN=[N+]=[N-])c1. The van der Waals surface area contributed by atoms with E-state index in [1.807, 2.05) is 0 Å². The Morgan fingerprint density at radius 3 is 2.00 bits per heavy atom. The highest BCUT2D eigenvalue weighted by Gasteiger charge is 2.20. The number of azide groups is 1. The molecule has 0 aliphatic carbocycles. The molecule has 0 bridgehead atoms. The van der Waals surface area contributed by atoms with Crippen LogP contribution in [-0.4, -0.2) is 23.7 Å². The minimum atomic E-state index is -0.709. The van der Waals surface area contributed by atoms with Crippen LogP contribution in [0.1, 0.15) is 51.3 Å². The first-order valence-electron chi connectivity index (χ1n) is 10.7. The fraction of sp³-hybridized carbons (Fsp3) is 0.154. The number of para-hydroxylation sites is 2. The summed E-state index contributed by atoms with van der Waals surface area (Å²) >= 11 is 0. The van der Waals surface area contributed by atoms with Crippen LogP contribution in [0.5, 0.6) is 11.5 Å². The Kier molecular flexibility index (Phi) is 8.53. The van der Waals surface area contributed by atoms with Crippen LogP contribution in [0.25, 0.3) is 10.4 Å². The average Bonchev–Trinajstić information content (AvgIpc) is 2.85. The Morgan fingerprint density at radius 1 is 0.806 bits per heavy atom. The number of benzene rings is 3. The number of hydrogen-bond acceptors (Lipinski definition) is 8. The molecule has 0 N–H and O–H groups in total. The second kappa shape index (κ2) is 12.0. The van der Waals surface area contributed by atoms with Crippen molar-refractivity contribution in [2.75, 3.05) is 0 Å². The van der Waals surface area contributed by atoms with Gasteiger partial charge < -0.3 is 14.2 Å². The van der Waals surface area contributed by atoms with Gasteiger partial charge in [0, 0.05) is 24.3 Å². The number of nitrogens with zero attached hydrogens (tertiary/aromatic N) is 3. The van der Waals surface area contributed by atoms with E-state index in [4.69, 9.17) is 19.7 Å². The van der Waals surface area contributed by atoms with Gasteiger partial charge in [-0.2, -0.15) is 0 Å². The topological polar surface area (TPSA) is 145 Å². The molecule has 0 saturated carbocycles. The third-order valence-corrected chi connectivity index (χ3v) is 4.83. The molecule has 3 aromatic rings. The van der Waals surface area contributed by atoms with E-state index >= 15 is 0 Å². The largest absolute Gasteiger partial charge is 0.457 e. The van der Waals surface area contributed by atoms with Crippen LogP contribution in [-0.2, 0) is 27.5 Å². The summed E-state index contributed by atoms with van der Waals surface area (Å²) in [7, 11) is 0. The molecule has 3 rings (SSSR count). The number of ether oxygens (including phenoxy) is 3. The van der Waals surface area contributed by atoms with Crippen LogP contribution in [0.3, 0.4) is 0 Å². The van der Waals surface area contributed by atoms with E-state index in [9.17, 15) is 19.2 Å². The number of hydrogen-bond donors (Lipinski definition) is 0. The third kappa shape index (κ3) is 6.55. The number of esters is 3. The van der Waals surface area contributed by atoms with E-state index in [1.54, 1.807) is 36.4 Å². The van der Waals surface area contributed by atoms with Gasteiger partial charge in [0.05, 0.1) is 12.1 Å². The maximum atomic E-state index is 13.3. The number of carbonyl (C=O) groups is 4. The molecule has 0 unspecified atom stereocenters. The molecule has 0 aliphatic rings. The Bertz CT molecular complexity index is 1380. The molecule has 0 fully saturated rings. The molecule has 36 heavy (non-hydrogen) atoms. The Morgan fingerprint density at radius 2 is 1.39 bits per heavy atom. The lowest BCUT2D eigenvalue weighted by Crippen LogP contribution is -2.12. The zero-order valence-corrected chi connectivity index (χ0v) is 19.5. The Balaban J connectivity index is 1.86. The summed E-state index contributed by atoms with van der Waals surface area (Å²) in [5, 5.41) is 3.56. The second-order valence-corrected chi connectivity index (χ2v) is 7.47. The van der Waals surface area contributed by atoms with Crippen molar-refractivity contribution in [3.05, 3.63) is 105 Å². The fourth-order valence-electron chi connectivity index (χ4n) is 3.35. The van der Waals surface area contributed by atoms with Crippen molar-refractivity contribution in [1.29, 1.82) is 0 Å². The first-order chi connectivity index (χ1) is 17.3. The highest BCUT2D eigenvalue weighted by Crippen LogP contribution is 2.25. The van der Waals surface area contributed by atoms with Gasteiger partial charge in [-0.1, -0.05) is 47.6 Å². The van der Waals surface area contributed by atoms with Gasteiger partial charge in [-0.3, -0.25) is 14.4 Å². The van der Waals surface area contributed by atoms with Gasteiger partial charge >= 0.3 is 17.9 Å². The molecule has 0 radical (unpaired) electrons. The zero-order chi connectivity index (χ0) is 26.1. The van der Waals surface area contributed by atoms with Gasteiger partial charge in [0.2, 0.25) is 0 Å². The van der Waals surface area contributed by atoms with Crippen LogP contribution >= 0.6 is 0 Å². The van der Waals surface area contributed by atoms with E-state index < -0.39 is 23.7 Å². The zero-order valence-electron chi connectivity index (χ0n) is 19.5. The quantitative estimate of drug-likeness (QED) is 0.104. The predicted octanol–water partition coefficient (Wildman–Crippen LogP) is 4.94. The molecular weight excluding hydrogens is 466 g/mol. The monoisotopic (exact) mass is 487 g/mol. The molecule has 0 aliphatic heterocycles. The van der Waals surface area contributed by atoms with Gasteiger partial charge in [-0.25, -0.2) is 4.79 Å². The molecule has 10 heteroatoms. The summed E-state index contributed by atoms with van der Waals surface area (Å²) in [4.78, 5) is 51.3. The van der Waals surface area contributed by atoms with E-state index in [1.165, 1.54) is 44.2 Å². The lowest BCUT2D eigenvalue weighted by molar-refractivity contribution is -0.132. The Labute approximate surface area is 206 Å². The molecule has 3 aromatic carbocycles. The van der Waals surface area contributed by atoms with Crippen molar-refractivity contribution in [3.8, 4) is 11.5 Å². The molecule has 0 atom stereocenters. The van der Waals surface area contributed by atoms with Crippen LogP contribution in [0.2, 0.25) is 0 Å². The van der Waals surface area contributed by atoms with Gasteiger partial charge in [0.25, 0.3) is 0 Å². The van der Waals surface area contributed by atoms with Gasteiger partial charge in [-0.15, -0.1) is 0 Å². The summed E-state index contributed by atoms with van der Waals surface area (Å²) in [6.07, 6.45) is 0. The minimum absolute atomic E-state index is 0.0754. The van der Waals surface area contributed by atoms with E-state index in [-0.39, 0.29) is 41.3 Å². The third-order valence-electron chi connectivity index (χ3n) is 4.83. The molecule has 0 heterocycles. The van der Waals surface area contributed by atoms with E-state index in [0.29, 0.717) is 11.1 Å². The molecule has 182 valence electrons.